The van der Waals surface area contributed by atoms with Gasteiger partial charge in [-0.2, -0.15) is 0 Å². The second-order valence-electron chi connectivity index (χ2n) is 4.94. The van der Waals surface area contributed by atoms with E-state index in [1.165, 1.54) is 0 Å². The van der Waals surface area contributed by atoms with Crippen LogP contribution in [-0.4, -0.2) is 23.3 Å². The first-order chi connectivity index (χ1) is 7.51. The van der Waals surface area contributed by atoms with E-state index in [9.17, 15) is 5.11 Å². The van der Waals surface area contributed by atoms with Crippen molar-refractivity contribution >= 4 is 17.3 Å². The number of piperidine rings is 1. The third-order valence-electron chi connectivity index (χ3n) is 3.51. The number of rotatable bonds is 1. The highest BCUT2D eigenvalue weighted by atomic mass is 35.5. The normalized spacial score (nSPS) is 24.5. The van der Waals surface area contributed by atoms with Crippen molar-refractivity contribution in [2.24, 2.45) is 0 Å². The Balaban J connectivity index is 2.28. The largest absolute Gasteiger partial charge is 0.391 e. The first kappa shape index (κ1) is 11.7. The summed E-state index contributed by atoms with van der Waals surface area (Å²) >= 11 is 5.88. The Morgan fingerprint density at radius 3 is 2.56 bits per heavy atom. The molecule has 1 N–H and O–H groups in total. The van der Waals surface area contributed by atoms with Crippen molar-refractivity contribution in [1.29, 1.82) is 0 Å². The average Bonchev–Trinajstić information content (AvgIpc) is 2.24. The van der Waals surface area contributed by atoms with Gasteiger partial charge in [-0.05, 0) is 51.0 Å². The molecular formula is C13H18ClNO. The van der Waals surface area contributed by atoms with Gasteiger partial charge in [0.1, 0.15) is 0 Å². The van der Waals surface area contributed by atoms with Crippen LogP contribution in [0.2, 0.25) is 5.02 Å². The van der Waals surface area contributed by atoms with E-state index in [1.807, 2.05) is 24.3 Å². The fraction of sp³-hybridized carbons (Fsp3) is 0.538. The van der Waals surface area contributed by atoms with Gasteiger partial charge in [0.15, 0.2) is 0 Å². The van der Waals surface area contributed by atoms with Gasteiger partial charge in [0, 0.05) is 17.3 Å². The first-order valence-corrected chi connectivity index (χ1v) is 6.11. The van der Waals surface area contributed by atoms with E-state index in [-0.39, 0.29) is 11.6 Å². The van der Waals surface area contributed by atoms with Gasteiger partial charge in [-0.1, -0.05) is 11.6 Å². The van der Waals surface area contributed by atoms with E-state index in [2.05, 4.69) is 18.7 Å². The van der Waals surface area contributed by atoms with E-state index < -0.39 is 0 Å². The lowest BCUT2D eigenvalue weighted by atomic mass is 9.87. The molecule has 0 aliphatic carbocycles. The smallest absolute Gasteiger partial charge is 0.0767 e. The highest BCUT2D eigenvalue weighted by molar-refractivity contribution is 6.30. The fourth-order valence-electron chi connectivity index (χ4n) is 2.35. The summed E-state index contributed by atoms with van der Waals surface area (Å²) in [5.41, 5.74) is 0.930. The molecule has 0 amide bonds. The molecule has 16 heavy (non-hydrogen) atoms. The Morgan fingerprint density at radius 1 is 1.31 bits per heavy atom. The maximum atomic E-state index is 10.1. The highest BCUT2D eigenvalue weighted by Crippen LogP contribution is 2.33. The van der Waals surface area contributed by atoms with Gasteiger partial charge in [-0.25, -0.2) is 0 Å². The number of halogens is 1. The Labute approximate surface area is 102 Å². The topological polar surface area (TPSA) is 23.5 Å². The van der Waals surface area contributed by atoms with E-state index in [0.29, 0.717) is 0 Å². The molecule has 1 aliphatic rings. The molecule has 0 saturated carbocycles. The van der Waals surface area contributed by atoms with Crippen LogP contribution in [0, 0.1) is 0 Å². The molecule has 3 heteroatoms. The molecule has 1 aromatic rings. The van der Waals surface area contributed by atoms with E-state index >= 15 is 0 Å². The van der Waals surface area contributed by atoms with Crippen LogP contribution < -0.4 is 4.90 Å². The Hall–Kier alpha value is -0.730. The van der Waals surface area contributed by atoms with Gasteiger partial charge in [-0.3, -0.25) is 0 Å². The third-order valence-corrected chi connectivity index (χ3v) is 3.76. The monoisotopic (exact) mass is 239 g/mol. The summed E-state index contributed by atoms with van der Waals surface area (Å²) in [7, 11) is 0. The minimum Gasteiger partial charge on any atom is -0.391 e. The second-order valence-corrected chi connectivity index (χ2v) is 5.38. The molecule has 1 aliphatic heterocycles. The van der Waals surface area contributed by atoms with Crippen molar-refractivity contribution in [3.63, 3.8) is 0 Å². The van der Waals surface area contributed by atoms with Crippen molar-refractivity contribution in [1.82, 2.24) is 0 Å². The van der Waals surface area contributed by atoms with Crippen LogP contribution >= 0.6 is 11.6 Å². The standard InChI is InChI=1S/C13H18ClNO/c1-13(2)12(16)4-3-9-15(13)11-7-5-10(14)6-8-11/h5-8,12,16H,3-4,9H2,1-2H3. The Morgan fingerprint density at radius 2 is 1.94 bits per heavy atom. The summed E-state index contributed by atoms with van der Waals surface area (Å²) in [5.74, 6) is 0. The van der Waals surface area contributed by atoms with Crippen LogP contribution in [0.15, 0.2) is 24.3 Å². The number of nitrogens with zero attached hydrogens (tertiary/aromatic N) is 1. The van der Waals surface area contributed by atoms with E-state index in [1.54, 1.807) is 0 Å². The van der Waals surface area contributed by atoms with E-state index in [4.69, 9.17) is 11.6 Å². The van der Waals surface area contributed by atoms with Gasteiger partial charge < -0.3 is 10.0 Å². The number of benzene rings is 1. The lowest BCUT2D eigenvalue weighted by Crippen LogP contribution is -2.56. The Bertz CT molecular complexity index is 361. The zero-order valence-electron chi connectivity index (χ0n) is 9.78. The summed E-state index contributed by atoms with van der Waals surface area (Å²) in [6.45, 7) is 5.17. The zero-order chi connectivity index (χ0) is 11.8. The van der Waals surface area contributed by atoms with Crippen molar-refractivity contribution in [2.45, 2.75) is 38.3 Å². The molecule has 2 nitrogen and oxygen atoms in total. The third kappa shape index (κ3) is 2.04. The van der Waals surface area contributed by atoms with Crippen molar-refractivity contribution in [3.05, 3.63) is 29.3 Å². The predicted molar refractivity (Wildman–Crippen MR) is 68.1 cm³/mol. The summed E-state index contributed by atoms with van der Waals surface area (Å²) in [6, 6.07) is 7.83. The maximum Gasteiger partial charge on any atom is 0.0767 e. The van der Waals surface area contributed by atoms with Crippen LogP contribution in [0.1, 0.15) is 26.7 Å². The molecular weight excluding hydrogens is 222 g/mol. The molecule has 0 spiro atoms. The van der Waals surface area contributed by atoms with Gasteiger partial charge >= 0.3 is 0 Å². The number of hydrogen-bond acceptors (Lipinski definition) is 2. The van der Waals surface area contributed by atoms with Gasteiger partial charge in [0.25, 0.3) is 0 Å². The molecule has 0 aromatic heterocycles. The van der Waals surface area contributed by atoms with Crippen LogP contribution in [0.4, 0.5) is 5.69 Å². The summed E-state index contributed by atoms with van der Waals surface area (Å²) in [4.78, 5) is 2.26. The highest BCUT2D eigenvalue weighted by Gasteiger charge is 2.37. The molecule has 2 rings (SSSR count). The summed E-state index contributed by atoms with van der Waals surface area (Å²) in [5, 5.41) is 10.8. The minimum absolute atomic E-state index is 0.202. The molecule has 1 atom stereocenters. The van der Waals surface area contributed by atoms with E-state index in [0.717, 1.165) is 30.1 Å². The van der Waals surface area contributed by atoms with Crippen LogP contribution in [0.5, 0.6) is 0 Å². The average molecular weight is 240 g/mol. The van der Waals surface area contributed by atoms with Crippen molar-refractivity contribution in [3.8, 4) is 0 Å². The molecule has 0 bridgehead atoms. The van der Waals surface area contributed by atoms with Crippen LogP contribution in [0.25, 0.3) is 0 Å². The fourth-order valence-corrected chi connectivity index (χ4v) is 2.47. The number of aliphatic hydroxyl groups excluding tert-OH is 1. The maximum absolute atomic E-state index is 10.1. The molecule has 88 valence electrons. The predicted octanol–water partition coefficient (Wildman–Crippen LogP) is 3.08. The second kappa shape index (κ2) is 4.27. The minimum atomic E-state index is -0.267. The molecule has 1 unspecified atom stereocenters. The van der Waals surface area contributed by atoms with Crippen LogP contribution in [0.3, 0.4) is 0 Å². The number of hydrogen-bond donors (Lipinski definition) is 1. The van der Waals surface area contributed by atoms with Gasteiger partial charge in [0.05, 0.1) is 11.6 Å². The lowest BCUT2D eigenvalue weighted by Gasteiger charge is -2.47. The summed E-state index contributed by atoms with van der Waals surface area (Å²) in [6.07, 6.45) is 1.65. The number of anilines is 1. The van der Waals surface area contributed by atoms with Crippen LogP contribution in [-0.2, 0) is 0 Å². The van der Waals surface area contributed by atoms with Crippen molar-refractivity contribution < 1.29 is 5.11 Å². The molecule has 1 aromatic carbocycles. The van der Waals surface area contributed by atoms with Gasteiger partial charge in [0.2, 0.25) is 0 Å². The SMILES string of the molecule is CC1(C)C(O)CCCN1c1ccc(Cl)cc1. The molecule has 1 heterocycles. The van der Waals surface area contributed by atoms with Gasteiger partial charge in [-0.15, -0.1) is 0 Å². The Kier molecular flexibility index (Phi) is 3.13. The van der Waals surface area contributed by atoms with Crippen molar-refractivity contribution in [2.75, 3.05) is 11.4 Å². The summed E-state index contributed by atoms with van der Waals surface area (Å²) < 4.78 is 0. The molecule has 1 saturated heterocycles. The first-order valence-electron chi connectivity index (χ1n) is 5.73. The molecule has 0 radical (unpaired) electrons. The quantitative estimate of drug-likeness (QED) is 0.814. The zero-order valence-corrected chi connectivity index (χ0v) is 10.5. The number of aliphatic hydroxyl groups is 1. The molecule has 1 fully saturated rings. The lowest BCUT2D eigenvalue weighted by molar-refractivity contribution is 0.0712.